The van der Waals surface area contributed by atoms with Crippen LogP contribution in [0.2, 0.25) is 0 Å². The summed E-state index contributed by atoms with van der Waals surface area (Å²) >= 11 is 0. The minimum absolute atomic E-state index is 0.00720. The minimum Gasteiger partial charge on any atom is -0.511 e. The predicted octanol–water partition coefficient (Wildman–Crippen LogP) is 3.75. The molecule has 11 heteroatoms. The highest BCUT2D eigenvalue weighted by molar-refractivity contribution is 6.30. The number of anilines is 1. The molecular weight excluding hydrogens is 554 g/mol. The molecule has 0 radical (unpaired) electrons. The van der Waals surface area contributed by atoms with E-state index >= 15 is 0 Å². The first-order valence-electron chi connectivity index (χ1n) is 14.8. The number of Topliss-reactive ketones (excluding diaryl/α,β-unsaturated/α-hetero) is 2. The lowest BCUT2D eigenvalue weighted by Crippen LogP contribution is -2.56. The van der Waals surface area contributed by atoms with E-state index in [1.54, 1.807) is 0 Å². The predicted molar refractivity (Wildman–Crippen MR) is 162 cm³/mol. The number of phenols is 2. The van der Waals surface area contributed by atoms with Crippen LogP contribution in [-0.2, 0) is 14.4 Å². The lowest BCUT2D eigenvalue weighted by molar-refractivity contribution is -0.140. The van der Waals surface area contributed by atoms with Gasteiger partial charge in [0, 0.05) is 5.57 Å². The maximum Gasteiger partial charge on any atom is 0.238 e. The monoisotopic (exact) mass is 593 g/mol. The molecule has 2 aromatic carbocycles. The molecule has 0 saturated carbocycles. The van der Waals surface area contributed by atoms with E-state index in [2.05, 4.69) is 17.6 Å². The Kier molecular flexibility index (Phi) is 9.87. The van der Waals surface area contributed by atoms with E-state index in [0.29, 0.717) is 11.9 Å². The van der Waals surface area contributed by atoms with Crippen LogP contribution in [0.15, 0.2) is 35.6 Å². The molecule has 230 valence electrons. The average molecular weight is 594 g/mol. The summed E-state index contributed by atoms with van der Waals surface area (Å²) in [5.74, 6) is -8.15. The van der Waals surface area contributed by atoms with E-state index in [9.17, 15) is 39.6 Å². The van der Waals surface area contributed by atoms with Crippen molar-refractivity contribution < 1.29 is 39.6 Å². The molecule has 2 aliphatic carbocycles. The Morgan fingerprint density at radius 2 is 1.58 bits per heavy atom. The number of nitrogens with two attached hydrogens (primary N) is 1. The van der Waals surface area contributed by atoms with E-state index in [1.807, 2.05) is 0 Å². The van der Waals surface area contributed by atoms with Gasteiger partial charge in [-0.15, -0.1) is 0 Å². The zero-order valence-electron chi connectivity index (χ0n) is 24.2. The van der Waals surface area contributed by atoms with Crippen molar-refractivity contribution in [2.24, 2.45) is 11.7 Å². The van der Waals surface area contributed by atoms with Crippen molar-refractivity contribution >= 4 is 45.9 Å². The largest absolute Gasteiger partial charge is 0.511 e. The molecule has 2 amide bonds. The molecule has 43 heavy (non-hydrogen) atoms. The van der Waals surface area contributed by atoms with Gasteiger partial charge in [0.1, 0.15) is 11.5 Å². The fourth-order valence-electron chi connectivity index (χ4n) is 5.73. The molecule has 8 N–H and O–H groups in total. The number of benzene rings is 2. The number of aromatic hydroxyl groups is 2. The Morgan fingerprint density at radius 3 is 2.23 bits per heavy atom. The molecule has 11 nitrogen and oxygen atoms in total. The van der Waals surface area contributed by atoms with Gasteiger partial charge in [-0.1, -0.05) is 64.4 Å². The number of rotatable bonds is 14. The molecule has 2 aromatic rings. The first kappa shape index (κ1) is 31.7. The van der Waals surface area contributed by atoms with Crippen LogP contribution in [-0.4, -0.2) is 62.5 Å². The smallest absolute Gasteiger partial charge is 0.238 e. The fraction of sp³-hybridized carbons (Fsp3) is 0.438. The highest BCUT2D eigenvalue weighted by atomic mass is 16.3. The summed E-state index contributed by atoms with van der Waals surface area (Å²) in [6.07, 6.45) is 12.9. The van der Waals surface area contributed by atoms with Crippen molar-refractivity contribution in [2.75, 3.05) is 18.4 Å². The van der Waals surface area contributed by atoms with Crippen LogP contribution in [0.25, 0.3) is 16.8 Å². The SMILES string of the molecule is CCCCCCCCCCCNCC(=O)Nc1ccc2cc3c(c(O)c2c1O)C(=O)C1(O)C(=O)C(C(N)=O)C(O)=CC1=C3. The van der Waals surface area contributed by atoms with E-state index < -0.39 is 57.7 Å². The standard InChI is InChI=1S/C32H39N3O8/c1-2-3-4-5-6-7-8-9-10-13-34-17-23(37)35-21-12-11-18-14-19-15-20-16-22(36)26(31(33)42)30(41)32(20,43)29(40)25(19)28(39)24(18)27(21)38/h11-12,14-16,26,34,36,38-39,43H,2-10,13,17H2,1H3,(H2,33,42)(H,35,37). The molecule has 4 rings (SSSR count). The number of carbonyl (C=O) groups is 4. The number of hydrogen-bond acceptors (Lipinski definition) is 9. The van der Waals surface area contributed by atoms with Gasteiger partial charge in [-0.2, -0.15) is 0 Å². The molecule has 0 saturated heterocycles. The van der Waals surface area contributed by atoms with Crippen molar-refractivity contribution in [2.45, 2.75) is 70.3 Å². The molecule has 0 bridgehead atoms. The zero-order valence-corrected chi connectivity index (χ0v) is 24.2. The number of hydrogen-bond donors (Lipinski definition) is 7. The van der Waals surface area contributed by atoms with Crippen molar-refractivity contribution in [3.05, 3.63) is 46.7 Å². The third kappa shape index (κ3) is 6.28. The lowest BCUT2D eigenvalue weighted by Gasteiger charge is -2.36. The number of carbonyl (C=O) groups excluding carboxylic acids is 4. The number of aliphatic hydroxyl groups excluding tert-OH is 1. The second-order valence-electron chi connectivity index (χ2n) is 11.2. The first-order valence-corrected chi connectivity index (χ1v) is 14.8. The van der Waals surface area contributed by atoms with E-state index in [4.69, 9.17) is 5.73 Å². The summed E-state index contributed by atoms with van der Waals surface area (Å²) in [4.78, 5) is 50.8. The molecule has 2 atom stereocenters. The molecular formula is C32H39N3O8. The number of aliphatic hydroxyl groups is 2. The quantitative estimate of drug-likeness (QED) is 0.0968. The number of phenolic OH excluding ortho intramolecular Hbond substituents is 2. The van der Waals surface area contributed by atoms with Crippen LogP contribution in [0.3, 0.4) is 0 Å². The van der Waals surface area contributed by atoms with Crippen LogP contribution < -0.4 is 16.4 Å². The van der Waals surface area contributed by atoms with Crippen LogP contribution in [0.1, 0.15) is 80.6 Å². The summed E-state index contributed by atoms with van der Waals surface area (Å²) in [5, 5.41) is 49.2. The molecule has 0 aromatic heterocycles. The second-order valence-corrected chi connectivity index (χ2v) is 11.2. The second kappa shape index (κ2) is 13.4. The molecule has 0 heterocycles. The topological polar surface area (TPSA) is 199 Å². The summed E-state index contributed by atoms with van der Waals surface area (Å²) in [5.41, 5.74) is 1.67. The average Bonchev–Trinajstić information content (AvgIpc) is 2.95. The molecule has 2 unspecified atom stereocenters. The minimum atomic E-state index is -2.88. The number of ketones is 2. The van der Waals surface area contributed by atoms with Gasteiger partial charge in [-0.05, 0) is 48.2 Å². The van der Waals surface area contributed by atoms with E-state index in [1.165, 1.54) is 62.8 Å². The number of nitrogens with one attached hydrogen (secondary N) is 2. The summed E-state index contributed by atoms with van der Waals surface area (Å²) in [7, 11) is 0. The van der Waals surface area contributed by atoms with Crippen LogP contribution >= 0.6 is 0 Å². The lowest BCUT2D eigenvalue weighted by atomic mass is 9.68. The van der Waals surface area contributed by atoms with Gasteiger partial charge in [0.05, 0.1) is 23.2 Å². The van der Waals surface area contributed by atoms with Gasteiger partial charge in [0.15, 0.2) is 17.5 Å². The first-order chi connectivity index (χ1) is 20.5. The maximum absolute atomic E-state index is 13.5. The fourth-order valence-corrected chi connectivity index (χ4v) is 5.73. The Labute approximate surface area is 249 Å². The Bertz CT molecular complexity index is 1510. The normalized spacial score (nSPS) is 19.4. The van der Waals surface area contributed by atoms with E-state index in [0.717, 1.165) is 25.3 Å². The third-order valence-electron chi connectivity index (χ3n) is 8.09. The highest BCUT2D eigenvalue weighted by Crippen LogP contribution is 2.47. The zero-order chi connectivity index (χ0) is 31.3. The van der Waals surface area contributed by atoms with Gasteiger partial charge < -0.3 is 36.8 Å². The molecule has 2 aliphatic rings. The van der Waals surface area contributed by atoms with Gasteiger partial charge in [0.2, 0.25) is 23.2 Å². The third-order valence-corrected chi connectivity index (χ3v) is 8.09. The Morgan fingerprint density at radius 1 is 0.930 bits per heavy atom. The van der Waals surface area contributed by atoms with Crippen molar-refractivity contribution in [1.29, 1.82) is 0 Å². The number of unbranched alkanes of at least 4 members (excludes halogenated alkanes) is 8. The Hall–Kier alpha value is -4.22. The van der Waals surface area contributed by atoms with Gasteiger partial charge in [0.25, 0.3) is 0 Å². The van der Waals surface area contributed by atoms with E-state index in [-0.39, 0.29) is 28.8 Å². The summed E-state index contributed by atoms with van der Waals surface area (Å²) in [6.45, 7) is 2.88. The maximum atomic E-state index is 13.5. The molecule has 0 fully saturated rings. The Balaban J connectivity index is 1.44. The van der Waals surface area contributed by atoms with Gasteiger partial charge in [-0.25, -0.2) is 0 Å². The number of primary amides is 1. The number of amides is 2. The molecule has 0 aliphatic heterocycles. The summed E-state index contributed by atoms with van der Waals surface area (Å²) < 4.78 is 0. The van der Waals surface area contributed by atoms with Crippen molar-refractivity contribution in [3.63, 3.8) is 0 Å². The summed E-state index contributed by atoms with van der Waals surface area (Å²) in [6, 6.07) is 4.42. The number of fused-ring (bicyclic) bond motifs is 3. The molecule has 0 spiro atoms. The van der Waals surface area contributed by atoms with Crippen LogP contribution in [0.4, 0.5) is 5.69 Å². The van der Waals surface area contributed by atoms with Gasteiger partial charge >= 0.3 is 0 Å². The van der Waals surface area contributed by atoms with Crippen LogP contribution in [0, 0.1) is 5.92 Å². The van der Waals surface area contributed by atoms with Gasteiger partial charge in [-0.3, -0.25) is 19.2 Å². The van der Waals surface area contributed by atoms with Crippen molar-refractivity contribution in [3.8, 4) is 11.5 Å². The van der Waals surface area contributed by atoms with Crippen molar-refractivity contribution in [1.82, 2.24) is 5.32 Å². The van der Waals surface area contributed by atoms with Crippen LogP contribution in [0.5, 0.6) is 11.5 Å². The highest BCUT2D eigenvalue weighted by Gasteiger charge is 2.57.